The monoisotopic (exact) mass is 187 g/mol. The maximum Gasteiger partial charge on any atom is 0.112 e. The van der Waals surface area contributed by atoms with Gasteiger partial charge < -0.3 is 0 Å². The zero-order chi connectivity index (χ0) is 9.84. The Morgan fingerprint density at radius 2 is 1.85 bits per heavy atom. The van der Waals surface area contributed by atoms with Gasteiger partial charge in [-0.05, 0) is 33.1 Å². The lowest BCUT2D eigenvalue weighted by Gasteiger charge is -2.39. The minimum Gasteiger partial charge on any atom is -0.295 e. The number of hydrogen-bond acceptors (Lipinski definition) is 1. The van der Waals surface area contributed by atoms with Gasteiger partial charge in [0.1, 0.15) is 6.17 Å². The van der Waals surface area contributed by atoms with Crippen LogP contribution in [0.2, 0.25) is 0 Å². The Kier molecular flexibility index (Phi) is 4.17. The molecule has 0 bridgehead atoms. The van der Waals surface area contributed by atoms with Crippen molar-refractivity contribution >= 4 is 0 Å². The molecule has 1 fully saturated rings. The maximum atomic E-state index is 13.2. The Morgan fingerprint density at radius 1 is 1.31 bits per heavy atom. The Hall–Kier alpha value is -0.110. The van der Waals surface area contributed by atoms with Crippen LogP contribution >= 0.6 is 0 Å². The third kappa shape index (κ3) is 2.94. The fraction of sp³-hybridized carbons (Fsp3) is 1.00. The summed E-state index contributed by atoms with van der Waals surface area (Å²) in [6.07, 6.45) is 3.79. The Morgan fingerprint density at radius 3 is 2.31 bits per heavy atom. The van der Waals surface area contributed by atoms with Crippen LogP contribution in [0, 0.1) is 0 Å². The molecule has 1 rings (SSSR count). The van der Waals surface area contributed by atoms with Crippen LogP contribution in [0.25, 0.3) is 0 Å². The summed E-state index contributed by atoms with van der Waals surface area (Å²) < 4.78 is 13.2. The molecule has 0 spiro atoms. The second-order valence-corrected chi connectivity index (χ2v) is 4.33. The molecule has 1 heterocycles. The van der Waals surface area contributed by atoms with Crippen molar-refractivity contribution in [2.24, 2.45) is 0 Å². The molecular formula is C11H22FN. The molecule has 0 saturated carbocycles. The third-order valence-corrected chi connectivity index (χ3v) is 3.23. The van der Waals surface area contributed by atoms with E-state index < -0.39 is 6.17 Å². The maximum absolute atomic E-state index is 13.2. The Labute approximate surface area is 81.3 Å². The molecule has 78 valence electrons. The van der Waals surface area contributed by atoms with E-state index in [0.717, 1.165) is 0 Å². The lowest BCUT2D eigenvalue weighted by Crippen LogP contribution is -2.46. The lowest BCUT2D eigenvalue weighted by atomic mass is 9.97. The second-order valence-electron chi connectivity index (χ2n) is 4.33. The number of rotatable bonds is 3. The molecule has 1 saturated heterocycles. The topological polar surface area (TPSA) is 3.24 Å². The number of hydrogen-bond donors (Lipinski definition) is 0. The summed E-state index contributed by atoms with van der Waals surface area (Å²) in [5.74, 6) is 0. The van der Waals surface area contributed by atoms with Crippen LogP contribution in [0.3, 0.4) is 0 Å². The SMILES string of the molecule is CCC(F)CN1[C@H](C)CCC[C@H]1C. The highest BCUT2D eigenvalue weighted by atomic mass is 19.1. The standard InChI is InChI=1S/C11H22FN/c1-4-11(12)8-13-9(2)6-5-7-10(13)3/h9-11H,4-8H2,1-3H3/t9-,10-,11?/m1/s1. The quantitative estimate of drug-likeness (QED) is 0.656. The van der Waals surface area contributed by atoms with E-state index in [-0.39, 0.29) is 0 Å². The molecular weight excluding hydrogens is 165 g/mol. The molecule has 0 aromatic rings. The number of likely N-dealkylation sites (tertiary alicyclic amines) is 1. The molecule has 0 aromatic carbocycles. The van der Waals surface area contributed by atoms with Crippen molar-refractivity contribution in [3.63, 3.8) is 0 Å². The van der Waals surface area contributed by atoms with Crippen molar-refractivity contribution in [2.45, 2.75) is 64.7 Å². The Balaban J connectivity index is 2.43. The van der Waals surface area contributed by atoms with Gasteiger partial charge in [0.2, 0.25) is 0 Å². The zero-order valence-corrected chi connectivity index (χ0v) is 9.09. The first-order valence-electron chi connectivity index (χ1n) is 5.55. The lowest BCUT2D eigenvalue weighted by molar-refractivity contribution is 0.0717. The molecule has 1 nitrogen and oxygen atoms in total. The van der Waals surface area contributed by atoms with Gasteiger partial charge in [0.15, 0.2) is 0 Å². The van der Waals surface area contributed by atoms with Crippen LogP contribution in [-0.2, 0) is 0 Å². The van der Waals surface area contributed by atoms with Crippen LogP contribution in [0.5, 0.6) is 0 Å². The first-order chi connectivity index (χ1) is 6.15. The first-order valence-corrected chi connectivity index (χ1v) is 5.55. The molecule has 0 N–H and O–H groups in total. The van der Waals surface area contributed by atoms with Crippen LogP contribution in [0.15, 0.2) is 0 Å². The van der Waals surface area contributed by atoms with Crippen LogP contribution in [0.4, 0.5) is 4.39 Å². The van der Waals surface area contributed by atoms with E-state index in [0.29, 0.717) is 25.0 Å². The highest BCUT2D eigenvalue weighted by Crippen LogP contribution is 2.23. The van der Waals surface area contributed by atoms with Crippen molar-refractivity contribution in [3.05, 3.63) is 0 Å². The molecule has 1 aliphatic heterocycles. The van der Waals surface area contributed by atoms with Crippen molar-refractivity contribution in [1.82, 2.24) is 4.90 Å². The Bertz CT molecular complexity index is 139. The van der Waals surface area contributed by atoms with E-state index in [1.54, 1.807) is 0 Å². The second kappa shape index (κ2) is 4.94. The van der Waals surface area contributed by atoms with Gasteiger partial charge in [-0.25, -0.2) is 4.39 Å². The van der Waals surface area contributed by atoms with Gasteiger partial charge in [-0.3, -0.25) is 4.90 Å². The van der Waals surface area contributed by atoms with E-state index in [9.17, 15) is 4.39 Å². The van der Waals surface area contributed by atoms with Crippen LogP contribution < -0.4 is 0 Å². The number of piperidine rings is 1. The summed E-state index contributed by atoms with van der Waals surface area (Å²) in [5, 5.41) is 0. The highest BCUT2D eigenvalue weighted by molar-refractivity contribution is 4.80. The van der Waals surface area contributed by atoms with Gasteiger partial charge >= 0.3 is 0 Å². The summed E-state index contributed by atoms with van der Waals surface area (Å²) >= 11 is 0. The molecule has 0 radical (unpaired) electrons. The average Bonchev–Trinajstić information content (AvgIpc) is 2.11. The fourth-order valence-electron chi connectivity index (χ4n) is 2.19. The van der Waals surface area contributed by atoms with Gasteiger partial charge in [-0.1, -0.05) is 13.3 Å². The van der Waals surface area contributed by atoms with E-state index >= 15 is 0 Å². The van der Waals surface area contributed by atoms with Gasteiger partial charge in [0.25, 0.3) is 0 Å². The van der Waals surface area contributed by atoms with Crippen molar-refractivity contribution < 1.29 is 4.39 Å². The predicted octanol–water partition coefficient (Wildman–Crippen LogP) is 3.00. The summed E-state index contributed by atoms with van der Waals surface area (Å²) in [4.78, 5) is 2.33. The number of alkyl halides is 1. The third-order valence-electron chi connectivity index (χ3n) is 3.23. The summed E-state index contributed by atoms with van der Waals surface area (Å²) in [6, 6.07) is 1.15. The fourth-order valence-corrected chi connectivity index (χ4v) is 2.19. The minimum atomic E-state index is -0.636. The van der Waals surface area contributed by atoms with E-state index in [2.05, 4.69) is 18.7 Å². The molecule has 1 aliphatic rings. The van der Waals surface area contributed by atoms with Crippen LogP contribution in [0.1, 0.15) is 46.5 Å². The predicted molar refractivity (Wildman–Crippen MR) is 54.7 cm³/mol. The molecule has 1 unspecified atom stereocenters. The van der Waals surface area contributed by atoms with E-state index in [4.69, 9.17) is 0 Å². The zero-order valence-electron chi connectivity index (χ0n) is 9.09. The number of nitrogens with zero attached hydrogens (tertiary/aromatic N) is 1. The number of halogens is 1. The van der Waals surface area contributed by atoms with E-state index in [1.165, 1.54) is 19.3 Å². The van der Waals surface area contributed by atoms with Crippen LogP contribution in [-0.4, -0.2) is 29.7 Å². The molecule has 0 amide bonds. The largest absolute Gasteiger partial charge is 0.295 e. The molecule has 0 aliphatic carbocycles. The molecule has 3 atom stereocenters. The molecule has 0 aromatic heterocycles. The van der Waals surface area contributed by atoms with Crippen molar-refractivity contribution in [2.75, 3.05) is 6.54 Å². The van der Waals surface area contributed by atoms with Gasteiger partial charge in [-0.15, -0.1) is 0 Å². The highest BCUT2D eigenvalue weighted by Gasteiger charge is 2.26. The average molecular weight is 187 g/mol. The van der Waals surface area contributed by atoms with Crippen molar-refractivity contribution in [3.8, 4) is 0 Å². The van der Waals surface area contributed by atoms with Gasteiger partial charge in [-0.2, -0.15) is 0 Å². The van der Waals surface area contributed by atoms with Gasteiger partial charge in [0, 0.05) is 18.6 Å². The smallest absolute Gasteiger partial charge is 0.112 e. The first kappa shape index (κ1) is 11.0. The molecule has 13 heavy (non-hydrogen) atoms. The summed E-state index contributed by atoms with van der Waals surface area (Å²) in [5.41, 5.74) is 0. The van der Waals surface area contributed by atoms with E-state index in [1.807, 2.05) is 6.92 Å². The van der Waals surface area contributed by atoms with Gasteiger partial charge in [0.05, 0.1) is 0 Å². The summed E-state index contributed by atoms with van der Waals surface area (Å²) in [7, 11) is 0. The summed E-state index contributed by atoms with van der Waals surface area (Å²) in [6.45, 7) is 7.00. The molecule has 2 heteroatoms. The normalized spacial score (nSPS) is 33.2. The minimum absolute atomic E-state index is 0.577. The van der Waals surface area contributed by atoms with Crippen molar-refractivity contribution in [1.29, 1.82) is 0 Å².